The smallest absolute Gasteiger partial charge is 0.442 e. The van der Waals surface area contributed by atoms with Gasteiger partial charge in [-0.3, -0.25) is 14.1 Å². The number of H-pyrrole nitrogens is 1. The minimum Gasteiger partial charge on any atom is -0.462 e. The van der Waals surface area contributed by atoms with Gasteiger partial charge in [0.15, 0.2) is 0 Å². The number of ether oxygens (including phenoxy) is 1. The highest BCUT2D eigenvalue weighted by Crippen LogP contribution is 2.38. The fourth-order valence-electron chi connectivity index (χ4n) is 3.73. The van der Waals surface area contributed by atoms with E-state index in [0.29, 0.717) is 35.8 Å². The number of thioether (sulfide) groups is 1. The summed E-state index contributed by atoms with van der Waals surface area (Å²) in [5, 5.41) is 5.31. The number of anilines is 1. The van der Waals surface area contributed by atoms with Crippen molar-refractivity contribution in [3.8, 4) is 5.69 Å². The van der Waals surface area contributed by atoms with Crippen LogP contribution in [-0.4, -0.2) is 46.4 Å². The molecule has 0 radical (unpaired) electrons. The number of carbonyl (C=O) groups is 3. The van der Waals surface area contributed by atoms with Gasteiger partial charge in [0.25, 0.3) is 0 Å². The van der Waals surface area contributed by atoms with Crippen molar-refractivity contribution in [3.05, 3.63) is 56.8 Å². The van der Waals surface area contributed by atoms with Gasteiger partial charge >= 0.3 is 16.6 Å². The summed E-state index contributed by atoms with van der Waals surface area (Å²) in [6.45, 7) is 5.96. The zero-order valence-electron chi connectivity index (χ0n) is 19.5. The Balaban J connectivity index is 1.57. The molecule has 35 heavy (non-hydrogen) atoms. The van der Waals surface area contributed by atoms with E-state index in [0.717, 1.165) is 22.2 Å². The topological polar surface area (TPSA) is 126 Å². The van der Waals surface area contributed by atoms with Gasteiger partial charge in [-0.05, 0) is 47.5 Å². The number of amides is 2. The monoisotopic (exact) mass is 517 g/mol. The van der Waals surface area contributed by atoms with Gasteiger partial charge in [0.05, 0.1) is 24.0 Å². The molecule has 2 N–H and O–H groups in total. The van der Waals surface area contributed by atoms with Crippen LogP contribution in [0.4, 0.5) is 5.00 Å². The van der Waals surface area contributed by atoms with Crippen LogP contribution in [0.1, 0.15) is 41.6 Å². The first-order valence-electron chi connectivity index (χ1n) is 11.0. The average Bonchev–Trinajstić information content (AvgIpc) is 3.38. The van der Waals surface area contributed by atoms with E-state index in [1.165, 1.54) is 22.9 Å². The number of hydrogen-bond donors (Lipinski definition) is 2. The fourth-order valence-corrected chi connectivity index (χ4v) is 5.87. The van der Waals surface area contributed by atoms with Crippen molar-refractivity contribution in [2.75, 3.05) is 18.5 Å². The summed E-state index contributed by atoms with van der Waals surface area (Å²) in [4.78, 5) is 52.6. The zero-order valence-corrected chi connectivity index (χ0v) is 21.1. The molecule has 0 aliphatic carbocycles. The molecule has 0 saturated carbocycles. The number of nitrogens with one attached hydrogen (secondary N) is 2. The van der Waals surface area contributed by atoms with E-state index in [4.69, 9.17) is 9.26 Å². The predicted octanol–water partition coefficient (Wildman–Crippen LogP) is 2.51. The molecule has 0 spiro atoms. The van der Waals surface area contributed by atoms with Crippen LogP contribution >= 0.6 is 23.1 Å². The second kappa shape index (κ2) is 10.5. The Morgan fingerprint density at radius 2 is 2.06 bits per heavy atom. The molecule has 1 aliphatic heterocycles. The lowest BCUT2D eigenvalue weighted by Gasteiger charge is -2.25. The molecule has 184 valence electrons. The van der Waals surface area contributed by atoms with E-state index >= 15 is 0 Å². The standard InChI is InChI=1S/C23H24N4O6S2/c1-4-32-22(30)18-16-10-11-26(14(3)28)12-17(16)35-20(18)24-19(29)13(2)34-21-23(31)33-25-27(21)15-8-6-5-7-9-15/h5-9,13H,4,10-12H2,1-3H3,(H-,24,25,29,30,31)/p+1. The number of esters is 1. The first-order chi connectivity index (χ1) is 16.8. The second-order valence-electron chi connectivity index (χ2n) is 7.83. The average molecular weight is 518 g/mol. The maximum absolute atomic E-state index is 13.1. The Kier molecular flexibility index (Phi) is 7.41. The molecule has 0 fully saturated rings. The maximum Gasteiger partial charge on any atom is 0.442 e. The van der Waals surface area contributed by atoms with Crippen LogP contribution in [0.25, 0.3) is 5.69 Å². The van der Waals surface area contributed by atoms with Crippen molar-refractivity contribution >= 4 is 45.9 Å². The molecule has 2 aromatic heterocycles. The minimum atomic E-state index is -0.688. The lowest BCUT2D eigenvalue weighted by molar-refractivity contribution is -0.704. The molecule has 1 unspecified atom stereocenters. The SMILES string of the molecule is CCOC(=O)c1c(NC(=O)C(C)Sc2c(=O)o[nH][n+]2-c2ccccc2)sc2c1CCN(C(C)=O)C2. The Morgan fingerprint density at radius 1 is 1.31 bits per heavy atom. The molecule has 3 aromatic rings. The zero-order chi connectivity index (χ0) is 25.1. The summed E-state index contributed by atoms with van der Waals surface area (Å²) in [7, 11) is 0. The Labute approximate surface area is 209 Å². The third-order valence-electron chi connectivity index (χ3n) is 5.50. The molecule has 1 atom stereocenters. The van der Waals surface area contributed by atoms with Gasteiger partial charge in [-0.1, -0.05) is 18.2 Å². The number of hydrogen-bond acceptors (Lipinski definition) is 8. The number of fused-ring (bicyclic) bond motifs is 1. The molecule has 0 bridgehead atoms. The van der Waals surface area contributed by atoms with Crippen LogP contribution in [0.3, 0.4) is 0 Å². The third kappa shape index (κ3) is 5.17. The molecule has 2 amide bonds. The number of aromatic nitrogens is 2. The normalized spacial score (nSPS) is 13.7. The second-order valence-corrected chi connectivity index (χ2v) is 10.3. The van der Waals surface area contributed by atoms with Gasteiger partial charge in [0.1, 0.15) is 5.00 Å². The van der Waals surface area contributed by atoms with Gasteiger partial charge in [0, 0.05) is 30.5 Å². The van der Waals surface area contributed by atoms with Crippen molar-refractivity contribution < 1.29 is 28.3 Å². The van der Waals surface area contributed by atoms with Gasteiger partial charge in [0.2, 0.25) is 17.5 Å². The molecular weight excluding hydrogens is 492 g/mol. The first kappa shape index (κ1) is 24.7. The number of aromatic amines is 1. The largest absolute Gasteiger partial charge is 0.462 e. The lowest BCUT2D eigenvalue weighted by Crippen LogP contribution is -2.37. The molecule has 1 aromatic carbocycles. The molecule has 3 heterocycles. The number of thiophene rings is 1. The maximum atomic E-state index is 13.1. The molecular formula is C23H25N4O6S2+. The van der Waals surface area contributed by atoms with E-state index in [-0.39, 0.29) is 23.4 Å². The summed E-state index contributed by atoms with van der Waals surface area (Å²) < 4.78 is 11.7. The van der Waals surface area contributed by atoms with E-state index in [2.05, 4.69) is 10.6 Å². The van der Waals surface area contributed by atoms with E-state index in [1.807, 2.05) is 18.2 Å². The van der Waals surface area contributed by atoms with Crippen molar-refractivity contribution in [3.63, 3.8) is 0 Å². The van der Waals surface area contributed by atoms with Crippen molar-refractivity contribution in [1.82, 2.24) is 10.2 Å². The number of carbonyl (C=O) groups excluding carboxylic acids is 3. The third-order valence-corrected chi connectivity index (χ3v) is 7.77. The predicted molar refractivity (Wildman–Crippen MR) is 130 cm³/mol. The van der Waals surface area contributed by atoms with Crippen molar-refractivity contribution in [2.45, 2.75) is 44.0 Å². The lowest BCUT2D eigenvalue weighted by atomic mass is 10.0. The van der Waals surface area contributed by atoms with Crippen LogP contribution in [-0.2, 0) is 27.3 Å². The highest BCUT2D eigenvalue weighted by molar-refractivity contribution is 8.00. The highest BCUT2D eigenvalue weighted by Gasteiger charge is 2.33. The molecule has 0 saturated heterocycles. The summed E-state index contributed by atoms with van der Waals surface area (Å²) in [6.07, 6.45) is 0.501. The number of nitrogens with zero attached hydrogens (tertiary/aromatic N) is 2. The summed E-state index contributed by atoms with van der Waals surface area (Å²) >= 11 is 2.30. The number of benzene rings is 1. The van der Waals surface area contributed by atoms with Gasteiger partial charge in [-0.15, -0.1) is 11.3 Å². The van der Waals surface area contributed by atoms with Crippen LogP contribution < -0.4 is 15.6 Å². The summed E-state index contributed by atoms with van der Waals surface area (Å²) in [6, 6.07) is 9.09. The highest BCUT2D eigenvalue weighted by atomic mass is 32.2. The quantitative estimate of drug-likeness (QED) is 0.280. The van der Waals surface area contributed by atoms with Gasteiger partial charge < -0.3 is 15.0 Å². The molecule has 4 rings (SSSR count). The molecule has 10 nitrogen and oxygen atoms in total. The number of rotatable bonds is 7. The van der Waals surface area contributed by atoms with Gasteiger partial charge in [-0.25, -0.2) is 9.59 Å². The molecule has 1 aliphatic rings. The Morgan fingerprint density at radius 3 is 2.74 bits per heavy atom. The van der Waals surface area contributed by atoms with Crippen LogP contribution in [0.5, 0.6) is 0 Å². The van der Waals surface area contributed by atoms with Crippen LogP contribution in [0.15, 0.2) is 44.7 Å². The Bertz CT molecular complexity index is 1310. The fraction of sp³-hybridized carbons (Fsp3) is 0.348. The van der Waals surface area contributed by atoms with Crippen LogP contribution in [0, 0.1) is 0 Å². The summed E-state index contributed by atoms with van der Waals surface area (Å²) in [5.41, 5.74) is 1.22. The minimum absolute atomic E-state index is 0.0469. The van der Waals surface area contributed by atoms with E-state index in [9.17, 15) is 19.2 Å². The van der Waals surface area contributed by atoms with E-state index < -0.39 is 16.8 Å². The van der Waals surface area contributed by atoms with Crippen LogP contribution in [0.2, 0.25) is 0 Å². The molecule has 12 heteroatoms. The van der Waals surface area contributed by atoms with E-state index in [1.54, 1.807) is 30.9 Å². The first-order valence-corrected chi connectivity index (χ1v) is 12.7. The number of para-hydroxylation sites is 1. The van der Waals surface area contributed by atoms with Crippen molar-refractivity contribution in [2.24, 2.45) is 0 Å². The van der Waals surface area contributed by atoms with Gasteiger partial charge in [-0.2, -0.15) is 0 Å². The van der Waals surface area contributed by atoms with Crippen molar-refractivity contribution in [1.29, 1.82) is 0 Å². The summed E-state index contributed by atoms with van der Waals surface area (Å²) in [5.74, 6) is -0.942. The Hall–Kier alpha value is -3.38.